The molecular formula is C24H30N2. The van der Waals surface area contributed by atoms with Crippen LogP contribution in [0.5, 0.6) is 0 Å². The predicted octanol–water partition coefficient (Wildman–Crippen LogP) is 5.37. The van der Waals surface area contributed by atoms with Crippen LogP contribution in [0.15, 0.2) is 60.2 Å². The van der Waals surface area contributed by atoms with Crippen molar-refractivity contribution in [3.8, 4) is 0 Å². The Kier molecular flexibility index (Phi) is 5.63. The highest BCUT2D eigenvalue weighted by molar-refractivity contribution is 5.59. The molecular weight excluding hydrogens is 316 g/mol. The maximum atomic E-state index is 3.69. The summed E-state index contributed by atoms with van der Waals surface area (Å²) in [4.78, 5) is 2.24. The minimum absolute atomic E-state index is 0.385. The van der Waals surface area contributed by atoms with Gasteiger partial charge in [0.05, 0.1) is 0 Å². The van der Waals surface area contributed by atoms with E-state index in [9.17, 15) is 0 Å². The first-order chi connectivity index (χ1) is 12.5. The molecule has 0 saturated heterocycles. The van der Waals surface area contributed by atoms with Crippen LogP contribution in [0.2, 0.25) is 0 Å². The molecule has 0 spiro atoms. The van der Waals surface area contributed by atoms with Crippen LogP contribution >= 0.6 is 0 Å². The molecule has 0 aliphatic heterocycles. The van der Waals surface area contributed by atoms with E-state index in [1.807, 2.05) is 0 Å². The summed E-state index contributed by atoms with van der Waals surface area (Å²) < 4.78 is 0. The van der Waals surface area contributed by atoms with Crippen LogP contribution in [-0.4, -0.2) is 25.5 Å². The van der Waals surface area contributed by atoms with E-state index in [0.29, 0.717) is 5.92 Å². The summed E-state index contributed by atoms with van der Waals surface area (Å²) in [6.07, 6.45) is 6.78. The van der Waals surface area contributed by atoms with Gasteiger partial charge in [-0.2, -0.15) is 0 Å². The van der Waals surface area contributed by atoms with Crippen molar-refractivity contribution >= 4 is 5.69 Å². The molecule has 136 valence electrons. The van der Waals surface area contributed by atoms with E-state index in [2.05, 4.69) is 99.7 Å². The number of hydrogen-bond acceptors (Lipinski definition) is 2. The lowest BCUT2D eigenvalue weighted by Crippen LogP contribution is -2.18. The van der Waals surface area contributed by atoms with Gasteiger partial charge in [-0.05, 0) is 62.7 Å². The summed E-state index contributed by atoms with van der Waals surface area (Å²) in [7, 11) is 4.26. The Labute approximate surface area is 158 Å². The van der Waals surface area contributed by atoms with Crippen LogP contribution < -0.4 is 5.32 Å². The van der Waals surface area contributed by atoms with Gasteiger partial charge in [0.2, 0.25) is 0 Å². The van der Waals surface area contributed by atoms with Crippen molar-refractivity contribution in [2.75, 3.05) is 26.0 Å². The monoisotopic (exact) mass is 346 g/mol. The maximum absolute atomic E-state index is 3.69. The molecule has 2 aromatic carbocycles. The Morgan fingerprint density at radius 1 is 1.00 bits per heavy atom. The molecule has 2 nitrogen and oxygen atoms in total. The van der Waals surface area contributed by atoms with Gasteiger partial charge in [-0.3, -0.25) is 0 Å². The zero-order valence-corrected chi connectivity index (χ0v) is 16.6. The lowest BCUT2D eigenvalue weighted by atomic mass is 9.89. The van der Waals surface area contributed by atoms with Crippen molar-refractivity contribution in [3.63, 3.8) is 0 Å². The molecule has 1 N–H and O–H groups in total. The van der Waals surface area contributed by atoms with Gasteiger partial charge < -0.3 is 10.2 Å². The quantitative estimate of drug-likeness (QED) is 0.757. The van der Waals surface area contributed by atoms with Crippen molar-refractivity contribution in [2.24, 2.45) is 0 Å². The van der Waals surface area contributed by atoms with Crippen molar-refractivity contribution in [1.29, 1.82) is 0 Å². The molecule has 2 heteroatoms. The van der Waals surface area contributed by atoms with Crippen LogP contribution in [0.3, 0.4) is 0 Å². The Balaban J connectivity index is 1.83. The maximum Gasteiger partial charge on any atom is 0.0404 e. The lowest BCUT2D eigenvalue weighted by Gasteiger charge is -2.22. The summed E-state index contributed by atoms with van der Waals surface area (Å²) in [5, 5.41) is 3.69. The van der Waals surface area contributed by atoms with E-state index in [1.54, 1.807) is 0 Å². The van der Waals surface area contributed by atoms with Gasteiger partial charge in [-0.15, -0.1) is 0 Å². The number of allylic oxidation sites excluding steroid dienone is 3. The lowest BCUT2D eigenvalue weighted by molar-refractivity contribution is 0.439. The van der Waals surface area contributed by atoms with Gasteiger partial charge in [-0.1, -0.05) is 60.2 Å². The fourth-order valence-electron chi connectivity index (χ4n) is 3.98. The second kappa shape index (κ2) is 7.92. The average Bonchev–Trinajstić information content (AvgIpc) is 3.01. The van der Waals surface area contributed by atoms with Gasteiger partial charge in [0.1, 0.15) is 0 Å². The van der Waals surface area contributed by atoms with Crippen molar-refractivity contribution in [3.05, 3.63) is 88.0 Å². The SMILES string of the molecule is Cc1cc(C)c(NCc2ccccc2C2C=CC=C2CN(C)C)c(C)c1. The Hall–Kier alpha value is -2.32. The van der Waals surface area contributed by atoms with Gasteiger partial charge in [-0.25, -0.2) is 0 Å². The van der Waals surface area contributed by atoms with Crippen LogP contribution in [0.1, 0.15) is 33.7 Å². The largest absolute Gasteiger partial charge is 0.381 e. The van der Waals surface area contributed by atoms with E-state index < -0.39 is 0 Å². The molecule has 1 aliphatic carbocycles. The number of aryl methyl sites for hydroxylation is 3. The molecule has 0 bridgehead atoms. The molecule has 1 unspecified atom stereocenters. The average molecular weight is 347 g/mol. The molecule has 0 fully saturated rings. The van der Waals surface area contributed by atoms with Crippen LogP contribution in [-0.2, 0) is 6.54 Å². The molecule has 1 atom stereocenters. The van der Waals surface area contributed by atoms with Crippen LogP contribution in [0, 0.1) is 20.8 Å². The van der Waals surface area contributed by atoms with E-state index in [-0.39, 0.29) is 0 Å². The topological polar surface area (TPSA) is 15.3 Å². The summed E-state index contributed by atoms with van der Waals surface area (Å²) >= 11 is 0. The molecule has 0 heterocycles. The molecule has 0 amide bonds. The number of hydrogen-bond donors (Lipinski definition) is 1. The number of nitrogens with zero attached hydrogens (tertiary/aromatic N) is 1. The standard InChI is InChI=1S/C24H30N2/c1-17-13-18(2)24(19(3)14-17)25-15-20-9-6-7-11-22(20)23-12-8-10-21(23)16-26(4)5/h6-14,23,25H,15-16H2,1-5H3. The minimum atomic E-state index is 0.385. The highest BCUT2D eigenvalue weighted by Crippen LogP contribution is 2.33. The molecule has 0 aromatic heterocycles. The molecule has 0 saturated carbocycles. The third kappa shape index (κ3) is 4.08. The molecule has 3 rings (SSSR count). The summed E-state index contributed by atoms with van der Waals surface area (Å²) in [5.41, 5.74) is 9.45. The predicted molar refractivity (Wildman–Crippen MR) is 113 cm³/mol. The van der Waals surface area contributed by atoms with Gasteiger partial charge >= 0.3 is 0 Å². The zero-order valence-electron chi connectivity index (χ0n) is 16.6. The third-order valence-electron chi connectivity index (χ3n) is 5.03. The normalized spacial score (nSPS) is 16.2. The minimum Gasteiger partial charge on any atom is -0.381 e. The second-order valence-corrected chi connectivity index (χ2v) is 7.67. The number of nitrogens with one attached hydrogen (secondary N) is 1. The third-order valence-corrected chi connectivity index (χ3v) is 5.03. The second-order valence-electron chi connectivity index (χ2n) is 7.67. The Morgan fingerprint density at radius 2 is 1.69 bits per heavy atom. The first-order valence-corrected chi connectivity index (χ1v) is 9.37. The van der Waals surface area contributed by atoms with Crippen molar-refractivity contribution in [1.82, 2.24) is 4.90 Å². The van der Waals surface area contributed by atoms with Gasteiger partial charge in [0, 0.05) is 24.7 Å². The zero-order chi connectivity index (χ0) is 18.7. The van der Waals surface area contributed by atoms with E-state index >= 15 is 0 Å². The fraction of sp³-hybridized carbons (Fsp3) is 0.333. The summed E-state index contributed by atoms with van der Waals surface area (Å²) in [6, 6.07) is 13.3. The fourth-order valence-corrected chi connectivity index (χ4v) is 3.98. The Morgan fingerprint density at radius 3 is 2.38 bits per heavy atom. The molecule has 26 heavy (non-hydrogen) atoms. The summed E-state index contributed by atoms with van der Waals surface area (Å²) in [6.45, 7) is 8.37. The van der Waals surface area contributed by atoms with Crippen molar-refractivity contribution < 1.29 is 0 Å². The Bertz CT molecular complexity index is 820. The first kappa shape index (κ1) is 18.5. The van der Waals surface area contributed by atoms with E-state index in [1.165, 1.54) is 39.1 Å². The number of anilines is 1. The smallest absolute Gasteiger partial charge is 0.0404 e. The highest BCUT2D eigenvalue weighted by Gasteiger charge is 2.20. The number of likely N-dealkylation sites (N-methyl/N-ethyl adjacent to an activating group) is 1. The van der Waals surface area contributed by atoms with E-state index in [0.717, 1.165) is 13.1 Å². The van der Waals surface area contributed by atoms with Crippen LogP contribution in [0.25, 0.3) is 0 Å². The van der Waals surface area contributed by atoms with Gasteiger partial charge in [0.25, 0.3) is 0 Å². The molecule has 1 aliphatic rings. The van der Waals surface area contributed by atoms with Crippen LogP contribution in [0.4, 0.5) is 5.69 Å². The van der Waals surface area contributed by atoms with Gasteiger partial charge in [0.15, 0.2) is 0 Å². The number of benzene rings is 2. The molecule has 2 aromatic rings. The highest BCUT2D eigenvalue weighted by atomic mass is 15.0. The first-order valence-electron chi connectivity index (χ1n) is 9.37. The van der Waals surface area contributed by atoms with Crippen molar-refractivity contribution in [2.45, 2.75) is 33.2 Å². The summed E-state index contributed by atoms with van der Waals surface area (Å²) in [5.74, 6) is 0.385. The molecule has 0 radical (unpaired) electrons. The van der Waals surface area contributed by atoms with E-state index in [4.69, 9.17) is 0 Å². The number of rotatable bonds is 6.